The summed E-state index contributed by atoms with van der Waals surface area (Å²) >= 11 is 0. The summed E-state index contributed by atoms with van der Waals surface area (Å²) in [5.41, 5.74) is 1.85. The van der Waals surface area contributed by atoms with Crippen LogP contribution in [0.3, 0.4) is 0 Å². The molecule has 0 fully saturated rings. The normalized spacial score (nSPS) is 15.4. The second kappa shape index (κ2) is 4.99. The highest BCUT2D eigenvalue weighted by Gasteiger charge is 2.30. The number of carbonyl (C=O) groups is 1. The first-order valence-electron chi connectivity index (χ1n) is 7.03. The van der Waals surface area contributed by atoms with Gasteiger partial charge in [-0.1, -0.05) is 18.2 Å². The third-order valence-electron chi connectivity index (χ3n) is 3.69. The van der Waals surface area contributed by atoms with Crippen LogP contribution in [-0.4, -0.2) is 11.4 Å². The van der Waals surface area contributed by atoms with Crippen molar-refractivity contribution in [2.24, 2.45) is 0 Å². The Morgan fingerprint density at radius 1 is 1.24 bits per heavy atom. The van der Waals surface area contributed by atoms with Crippen LogP contribution >= 0.6 is 0 Å². The summed E-state index contributed by atoms with van der Waals surface area (Å²) in [6.45, 7) is 4.04. The van der Waals surface area contributed by atoms with Crippen LogP contribution in [0, 0.1) is 5.82 Å². The molecule has 21 heavy (non-hydrogen) atoms. The molecule has 1 heterocycles. The van der Waals surface area contributed by atoms with E-state index in [4.69, 9.17) is 4.74 Å². The van der Waals surface area contributed by atoms with Crippen molar-refractivity contribution in [1.29, 1.82) is 0 Å². The largest absolute Gasteiger partial charge is 0.487 e. The number of ether oxygens (including phenoxy) is 1. The van der Waals surface area contributed by atoms with E-state index in [1.54, 1.807) is 24.3 Å². The van der Waals surface area contributed by atoms with E-state index in [2.05, 4.69) is 0 Å². The number of carbonyl (C=O) groups excluding carboxylic acids is 1. The molecule has 3 heteroatoms. The standard InChI is InChI=1S/C18H17FO2/c1-18(2)11-14-9-13(7-8-17(14)21-18)16(20)10-12-5-3-4-6-15(12)19/h3-9H,10-11H2,1-2H3. The molecule has 0 saturated heterocycles. The van der Waals surface area contributed by atoms with Gasteiger partial charge in [0.2, 0.25) is 0 Å². The maximum absolute atomic E-state index is 13.6. The summed E-state index contributed by atoms with van der Waals surface area (Å²) in [5.74, 6) is 0.423. The lowest BCUT2D eigenvalue weighted by molar-refractivity contribution is 0.0991. The summed E-state index contributed by atoms with van der Waals surface area (Å²) in [6, 6.07) is 11.8. The third kappa shape index (κ3) is 2.82. The molecule has 0 atom stereocenters. The van der Waals surface area contributed by atoms with Crippen molar-refractivity contribution >= 4 is 5.78 Å². The van der Waals surface area contributed by atoms with E-state index >= 15 is 0 Å². The molecular formula is C18H17FO2. The first-order valence-corrected chi connectivity index (χ1v) is 7.03. The van der Waals surface area contributed by atoms with Crippen molar-refractivity contribution < 1.29 is 13.9 Å². The van der Waals surface area contributed by atoms with Gasteiger partial charge >= 0.3 is 0 Å². The van der Waals surface area contributed by atoms with Crippen molar-refractivity contribution in [3.05, 3.63) is 65.0 Å². The maximum atomic E-state index is 13.6. The lowest BCUT2D eigenvalue weighted by atomic mass is 9.97. The SMILES string of the molecule is CC1(C)Cc2cc(C(=O)Cc3ccccc3F)ccc2O1. The van der Waals surface area contributed by atoms with Gasteiger partial charge in [-0.05, 0) is 49.2 Å². The Morgan fingerprint density at radius 2 is 2.00 bits per heavy atom. The zero-order chi connectivity index (χ0) is 15.0. The Morgan fingerprint density at radius 3 is 2.76 bits per heavy atom. The lowest BCUT2D eigenvalue weighted by Gasteiger charge is -2.16. The minimum atomic E-state index is -0.337. The predicted molar refractivity (Wildman–Crippen MR) is 79.3 cm³/mol. The van der Waals surface area contributed by atoms with Crippen LogP contribution in [0.25, 0.3) is 0 Å². The summed E-state index contributed by atoms with van der Waals surface area (Å²) in [6.07, 6.45) is 0.860. The number of Topliss-reactive ketones (excluding diaryl/α,β-unsaturated/α-hetero) is 1. The monoisotopic (exact) mass is 284 g/mol. The van der Waals surface area contributed by atoms with Crippen LogP contribution in [0.5, 0.6) is 5.75 Å². The lowest BCUT2D eigenvalue weighted by Crippen LogP contribution is -2.24. The Bertz CT molecular complexity index is 704. The Balaban J connectivity index is 1.83. The molecule has 108 valence electrons. The highest BCUT2D eigenvalue weighted by Crippen LogP contribution is 2.35. The molecule has 0 N–H and O–H groups in total. The van der Waals surface area contributed by atoms with Gasteiger partial charge in [0, 0.05) is 18.4 Å². The van der Waals surface area contributed by atoms with E-state index in [0.717, 1.165) is 17.7 Å². The van der Waals surface area contributed by atoms with Gasteiger partial charge in [-0.15, -0.1) is 0 Å². The van der Waals surface area contributed by atoms with Gasteiger partial charge in [-0.3, -0.25) is 4.79 Å². The highest BCUT2D eigenvalue weighted by molar-refractivity contribution is 5.97. The predicted octanol–water partition coefficient (Wildman–Crippen LogP) is 3.96. The number of fused-ring (bicyclic) bond motifs is 1. The second-order valence-electron chi connectivity index (χ2n) is 6.05. The van der Waals surface area contributed by atoms with E-state index in [1.165, 1.54) is 6.07 Å². The van der Waals surface area contributed by atoms with E-state index in [-0.39, 0.29) is 23.6 Å². The molecule has 0 unspecified atom stereocenters. The van der Waals surface area contributed by atoms with Crippen LogP contribution in [0.2, 0.25) is 0 Å². The topological polar surface area (TPSA) is 26.3 Å². The van der Waals surface area contributed by atoms with Crippen molar-refractivity contribution in [1.82, 2.24) is 0 Å². The average molecular weight is 284 g/mol. The fourth-order valence-electron chi connectivity index (χ4n) is 2.70. The molecule has 3 rings (SSSR count). The van der Waals surface area contributed by atoms with Crippen molar-refractivity contribution in [3.63, 3.8) is 0 Å². The number of ketones is 1. The van der Waals surface area contributed by atoms with E-state index in [1.807, 2.05) is 26.0 Å². The Kier molecular flexibility index (Phi) is 3.28. The molecule has 1 aliphatic rings. The van der Waals surface area contributed by atoms with E-state index < -0.39 is 0 Å². The minimum absolute atomic E-state index is 0.0763. The van der Waals surface area contributed by atoms with Gasteiger partial charge in [0.25, 0.3) is 0 Å². The first kappa shape index (κ1) is 13.8. The molecule has 1 aliphatic heterocycles. The smallest absolute Gasteiger partial charge is 0.167 e. The fourth-order valence-corrected chi connectivity index (χ4v) is 2.70. The van der Waals surface area contributed by atoms with Gasteiger partial charge in [0.15, 0.2) is 5.78 Å². The number of rotatable bonds is 3. The molecule has 2 nitrogen and oxygen atoms in total. The van der Waals surface area contributed by atoms with Crippen molar-refractivity contribution in [3.8, 4) is 5.75 Å². The molecule has 0 amide bonds. The summed E-state index contributed by atoms with van der Waals surface area (Å²) in [5, 5.41) is 0. The average Bonchev–Trinajstić information content (AvgIpc) is 2.74. The zero-order valence-corrected chi connectivity index (χ0v) is 12.2. The molecule has 0 aliphatic carbocycles. The fraction of sp³-hybridized carbons (Fsp3) is 0.278. The van der Waals surface area contributed by atoms with Crippen molar-refractivity contribution in [2.45, 2.75) is 32.3 Å². The number of benzene rings is 2. The highest BCUT2D eigenvalue weighted by atomic mass is 19.1. The molecule has 0 saturated carbocycles. The molecular weight excluding hydrogens is 267 g/mol. The van der Waals surface area contributed by atoms with Crippen LogP contribution in [0.1, 0.15) is 35.3 Å². The van der Waals surface area contributed by atoms with Gasteiger partial charge in [-0.2, -0.15) is 0 Å². The van der Waals surface area contributed by atoms with Crippen molar-refractivity contribution in [2.75, 3.05) is 0 Å². The molecule has 0 spiro atoms. The number of hydrogen-bond donors (Lipinski definition) is 0. The Hall–Kier alpha value is -2.16. The van der Waals surface area contributed by atoms with Crippen LogP contribution in [-0.2, 0) is 12.8 Å². The van der Waals surface area contributed by atoms with E-state index in [9.17, 15) is 9.18 Å². The molecule has 0 aromatic heterocycles. The molecule has 2 aromatic rings. The van der Waals surface area contributed by atoms with E-state index in [0.29, 0.717) is 11.1 Å². The summed E-state index contributed by atoms with van der Waals surface area (Å²) < 4.78 is 19.4. The maximum Gasteiger partial charge on any atom is 0.167 e. The second-order valence-corrected chi connectivity index (χ2v) is 6.05. The van der Waals surface area contributed by atoms with Gasteiger partial charge in [-0.25, -0.2) is 4.39 Å². The molecule has 0 radical (unpaired) electrons. The Labute approximate surface area is 123 Å². The van der Waals surface area contributed by atoms with Crippen LogP contribution in [0.15, 0.2) is 42.5 Å². The summed E-state index contributed by atoms with van der Waals surface area (Å²) in [4.78, 5) is 12.3. The summed E-state index contributed by atoms with van der Waals surface area (Å²) in [7, 11) is 0. The van der Waals surface area contributed by atoms with Gasteiger partial charge in [0.1, 0.15) is 17.2 Å². The van der Waals surface area contributed by atoms with Gasteiger partial charge < -0.3 is 4.74 Å². The van der Waals surface area contributed by atoms with Crippen LogP contribution < -0.4 is 4.74 Å². The quantitative estimate of drug-likeness (QED) is 0.797. The number of hydrogen-bond acceptors (Lipinski definition) is 2. The third-order valence-corrected chi connectivity index (χ3v) is 3.69. The zero-order valence-electron chi connectivity index (χ0n) is 12.2. The minimum Gasteiger partial charge on any atom is -0.487 e. The van der Waals surface area contributed by atoms with Gasteiger partial charge in [0.05, 0.1) is 0 Å². The first-order chi connectivity index (χ1) is 9.94. The molecule has 2 aromatic carbocycles. The van der Waals surface area contributed by atoms with Crippen LogP contribution in [0.4, 0.5) is 4.39 Å². The number of halogens is 1. The molecule has 0 bridgehead atoms.